The lowest BCUT2D eigenvalue weighted by Crippen LogP contribution is -2.41. The van der Waals surface area contributed by atoms with Crippen molar-refractivity contribution in [3.63, 3.8) is 0 Å². The van der Waals surface area contributed by atoms with E-state index in [9.17, 15) is 4.79 Å². The number of aliphatic imine (C=N–C) groups is 1. The number of aromatic carboxylic acids is 1. The summed E-state index contributed by atoms with van der Waals surface area (Å²) < 4.78 is 11.7. The van der Waals surface area contributed by atoms with E-state index in [1.807, 2.05) is 48.5 Å². The van der Waals surface area contributed by atoms with E-state index in [0.717, 1.165) is 52.8 Å². The maximum atomic E-state index is 11.2. The number of carboxylic acid groups (broad SMARTS) is 1. The standard InChI is InChI=1S/C24H20N2O4/c27-24(28)17-7-5-16(6-8-17)18-9-10-21-19(15-18)23(26-11-13-29-14-12-26)25-20-3-1-2-4-22(20)30-21/h1-10,15H,11-14H2,(H,27,28). The molecule has 3 aromatic carbocycles. The predicted octanol–water partition coefficient (Wildman–Crippen LogP) is 4.57. The summed E-state index contributed by atoms with van der Waals surface area (Å²) in [6.07, 6.45) is 0. The fourth-order valence-electron chi connectivity index (χ4n) is 3.72. The normalized spacial score (nSPS) is 15.3. The lowest BCUT2D eigenvalue weighted by molar-refractivity contribution is 0.0682. The van der Waals surface area contributed by atoms with Crippen molar-refractivity contribution in [1.29, 1.82) is 0 Å². The van der Waals surface area contributed by atoms with E-state index < -0.39 is 5.97 Å². The minimum atomic E-state index is -0.934. The van der Waals surface area contributed by atoms with E-state index in [1.54, 1.807) is 12.1 Å². The van der Waals surface area contributed by atoms with E-state index in [0.29, 0.717) is 13.2 Å². The molecule has 3 aromatic rings. The van der Waals surface area contributed by atoms with Gasteiger partial charge in [0.05, 0.1) is 24.3 Å². The van der Waals surface area contributed by atoms with Crippen LogP contribution in [0.3, 0.4) is 0 Å². The quantitative estimate of drug-likeness (QED) is 0.682. The lowest BCUT2D eigenvalue weighted by atomic mass is 10.00. The Morgan fingerprint density at radius 3 is 2.40 bits per heavy atom. The molecule has 0 radical (unpaired) electrons. The second kappa shape index (κ2) is 7.65. The highest BCUT2D eigenvalue weighted by Crippen LogP contribution is 2.39. The van der Waals surface area contributed by atoms with E-state index >= 15 is 0 Å². The summed E-state index contributed by atoms with van der Waals surface area (Å²) >= 11 is 0. The van der Waals surface area contributed by atoms with E-state index in [1.165, 1.54) is 0 Å². The topological polar surface area (TPSA) is 71.4 Å². The molecule has 6 heteroatoms. The molecular weight excluding hydrogens is 380 g/mol. The number of carbonyl (C=O) groups is 1. The summed E-state index contributed by atoms with van der Waals surface area (Å²) in [6, 6.07) is 20.6. The van der Waals surface area contributed by atoms with Crippen LogP contribution in [0.1, 0.15) is 15.9 Å². The second-order valence-corrected chi connectivity index (χ2v) is 7.20. The van der Waals surface area contributed by atoms with Crippen LogP contribution in [0.15, 0.2) is 71.7 Å². The van der Waals surface area contributed by atoms with Crippen molar-refractivity contribution < 1.29 is 19.4 Å². The molecule has 0 spiro atoms. The van der Waals surface area contributed by atoms with Crippen LogP contribution in [0.4, 0.5) is 5.69 Å². The Morgan fingerprint density at radius 1 is 0.900 bits per heavy atom. The highest BCUT2D eigenvalue weighted by molar-refractivity contribution is 6.04. The molecule has 2 heterocycles. The molecule has 150 valence electrons. The van der Waals surface area contributed by atoms with Crippen LogP contribution in [0.5, 0.6) is 11.5 Å². The minimum absolute atomic E-state index is 0.267. The molecule has 1 saturated heterocycles. The number of amidine groups is 1. The molecule has 1 N–H and O–H groups in total. The predicted molar refractivity (Wildman–Crippen MR) is 114 cm³/mol. The third-order valence-corrected chi connectivity index (χ3v) is 5.31. The number of carboxylic acids is 1. The van der Waals surface area contributed by atoms with Crippen LogP contribution >= 0.6 is 0 Å². The molecule has 30 heavy (non-hydrogen) atoms. The van der Waals surface area contributed by atoms with Crippen molar-refractivity contribution >= 4 is 17.5 Å². The molecule has 5 rings (SSSR count). The lowest BCUT2D eigenvalue weighted by Gasteiger charge is -2.30. The molecule has 2 aliphatic heterocycles. The first-order valence-corrected chi connectivity index (χ1v) is 9.85. The van der Waals surface area contributed by atoms with Gasteiger partial charge in [0.25, 0.3) is 0 Å². The van der Waals surface area contributed by atoms with Gasteiger partial charge < -0.3 is 19.5 Å². The molecule has 0 aromatic heterocycles. The highest BCUT2D eigenvalue weighted by Gasteiger charge is 2.24. The van der Waals surface area contributed by atoms with Gasteiger partial charge in [-0.2, -0.15) is 0 Å². The van der Waals surface area contributed by atoms with Gasteiger partial charge in [0.15, 0.2) is 5.75 Å². The first-order chi connectivity index (χ1) is 14.7. The summed E-state index contributed by atoms with van der Waals surface area (Å²) in [6.45, 7) is 2.84. The van der Waals surface area contributed by atoms with Gasteiger partial charge in [0, 0.05) is 13.1 Å². The Labute approximate surface area is 174 Å². The number of benzene rings is 3. The van der Waals surface area contributed by atoms with Gasteiger partial charge in [-0.25, -0.2) is 9.79 Å². The fourth-order valence-corrected chi connectivity index (χ4v) is 3.72. The van der Waals surface area contributed by atoms with E-state index in [-0.39, 0.29) is 5.56 Å². The molecule has 2 aliphatic rings. The number of hydrogen-bond donors (Lipinski definition) is 1. The van der Waals surface area contributed by atoms with Crippen molar-refractivity contribution in [2.24, 2.45) is 4.99 Å². The van der Waals surface area contributed by atoms with Crippen LogP contribution in [-0.2, 0) is 4.74 Å². The Bertz CT molecular complexity index is 1130. The van der Waals surface area contributed by atoms with Crippen molar-refractivity contribution in [2.45, 2.75) is 0 Å². The summed E-state index contributed by atoms with van der Waals surface area (Å²) in [5.74, 6) is 1.40. The van der Waals surface area contributed by atoms with Gasteiger partial charge in [-0.1, -0.05) is 30.3 Å². The largest absolute Gasteiger partial charge is 0.478 e. The zero-order valence-corrected chi connectivity index (χ0v) is 16.2. The Morgan fingerprint density at radius 2 is 1.63 bits per heavy atom. The van der Waals surface area contributed by atoms with Gasteiger partial charge in [-0.15, -0.1) is 0 Å². The molecule has 0 bridgehead atoms. The first kappa shape index (κ1) is 18.4. The van der Waals surface area contributed by atoms with Crippen molar-refractivity contribution in [3.8, 4) is 22.6 Å². The number of nitrogens with zero attached hydrogens (tertiary/aromatic N) is 2. The van der Waals surface area contributed by atoms with Crippen LogP contribution in [0.2, 0.25) is 0 Å². The number of rotatable bonds is 2. The average Bonchev–Trinajstić information content (AvgIpc) is 2.96. The molecule has 0 saturated carbocycles. The van der Waals surface area contributed by atoms with E-state index in [2.05, 4.69) is 11.0 Å². The monoisotopic (exact) mass is 400 g/mol. The van der Waals surface area contributed by atoms with Gasteiger partial charge in [-0.3, -0.25) is 0 Å². The van der Waals surface area contributed by atoms with Crippen molar-refractivity contribution in [1.82, 2.24) is 4.90 Å². The zero-order valence-electron chi connectivity index (χ0n) is 16.2. The summed E-state index contributed by atoms with van der Waals surface area (Å²) in [5.41, 5.74) is 3.88. The molecule has 6 nitrogen and oxygen atoms in total. The first-order valence-electron chi connectivity index (χ1n) is 9.85. The van der Waals surface area contributed by atoms with E-state index in [4.69, 9.17) is 19.6 Å². The molecule has 0 unspecified atom stereocenters. The van der Waals surface area contributed by atoms with Gasteiger partial charge in [0.2, 0.25) is 0 Å². The number of hydrogen-bond acceptors (Lipinski definition) is 5. The third kappa shape index (κ3) is 3.42. The number of para-hydroxylation sites is 2. The molecule has 0 aliphatic carbocycles. The van der Waals surface area contributed by atoms with Crippen molar-refractivity contribution in [2.75, 3.05) is 26.3 Å². The van der Waals surface area contributed by atoms with Crippen LogP contribution in [0.25, 0.3) is 11.1 Å². The maximum absolute atomic E-state index is 11.2. The summed E-state index contributed by atoms with van der Waals surface area (Å²) in [4.78, 5) is 18.3. The number of fused-ring (bicyclic) bond motifs is 2. The fraction of sp³-hybridized carbons (Fsp3) is 0.167. The van der Waals surface area contributed by atoms with Crippen LogP contribution in [-0.4, -0.2) is 48.1 Å². The van der Waals surface area contributed by atoms with Gasteiger partial charge in [-0.05, 0) is 47.5 Å². The van der Waals surface area contributed by atoms with Crippen LogP contribution in [0, 0.1) is 0 Å². The zero-order chi connectivity index (χ0) is 20.5. The third-order valence-electron chi connectivity index (χ3n) is 5.31. The minimum Gasteiger partial charge on any atom is -0.478 e. The summed E-state index contributed by atoms with van der Waals surface area (Å²) in [7, 11) is 0. The highest BCUT2D eigenvalue weighted by atomic mass is 16.5. The maximum Gasteiger partial charge on any atom is 0.335 e. The SMILES string of the molecule is O=C(O)c1ccc(-c2ccc3c(c2)C(N2CCOCC2)=Nc2ccccc2O3)cc1. The number of morpholine rings is 1. The molecule has 0 amide bonds. The van der Waals surface area contributed by atoms with Gasteiger partial charge in [0.1, 0.15) is 17.3 Å². The number of ether oxygens (including phenoxy) is 2. The Balaban J connectivity index is 1.61. The average molecular weight is 400 g/mol. The second-order valence-electron chi connectivity index (χ2n) is 7.20. The molecular formula is C24H20N2O4. The van der Waals surface area contributed by atoms with Crippen LogP contribution < -0.4 is 4.74 Å². The summed E-state index contributed by atoms with van der Waals surface area (Å²) in [5, 5.41) is 9.15. The molecule has 1 fully saturated rings. The Hall–Kier alpha value is -3.64. The Kier molecular flexibility index (Phi) is 4.69. The smallest absolute Gasteiger partial charge is 0.335 e. The van der Waals surface area contributed by atoms with Gasteiger partial charge >= 0.3 is 5.97 Å². The van der Waals surface area contributed by atoms with Crippen molar-refractivity contribution in [3.05, 3.63) is 77.9 Å². The molecule has 0 atom stereocenters.